The van der Waals surface area contributed by atoms with Gasteiger partial charge in [0.25, 0.3) is 0 Å². The van der Waals surface area contributed by atoms with Gasteiger partial charge in [0.1, 0.15) is 17.7 Å². The molecule has 0 amide bonds. The minimum atomic E-state index is 0.548. The van der Waals surface area contributed by atoms with E-state index in [1.54, 1.807) is 0 Å². The second-order valence-electron chi connectivity index (χ2n) is 4.82. The fraction of sp³-hybridized carbons (Fsp3) is 0.143. The van der Waals surface area contributed by atoms with E-state index in [2.05, 4.69) is 35.5 Å². The number of nitrogens with one attached hydrogen (secondary N) is 3. The van der Waals surface area contributed by atoms with Gasteiger partial charge < -0.3 is 10.3 Å². The fourth-order valence-corrected chi connectivity index (χ4v) is 2.34. The molecule has 0 saturated carbocycles. The number of fused-ring (bicyclic) bond motifs is 2. The molecule has 4 rings (SSSR count). The Labute approximate surface area is 119 Å². The van der Waals surface area contributed by atoms with E-state index >= 15 is 0 Å². The number of H-pyrrole nitrogens is 2. The van der Waals surface area contributed by atoms with Crippen molar-refractivity contribution in [3.63, 3.8) is 0 Å². The van der Waals surface area contributed by atoms with E-state index in [0.717, 1.165) is 33.6 Å². The minimum Gasteiger partial charge on any atom is -0.361 e. The van der Waals surface area contributed by atoms with E-state index in [4.69, 9.17) is 0 Å². The maximum atomic E-state index is 4.52. The van der Waals surface area contributed by atoms with Crippen LogP contribution in [0.4, 0.5) is 5.82 Å². The summed E-state index contributed by atoms with van der Waals surface area (Å²) in [6.07, 6.45) is 1.53. The van der Waals surface area contributed by atoms with Crippen molar-refractivity contribution < 1.29 is 0 Å². The Kier molecular flexibility index (Phi) is 2.56. The van der Waals surface area contributed by atoms with E-state index in [1.807, 2.05) is 31.2 Å². The number of hydrogen-bond acceptors (Lipinski definition) is 5. The summed E-state index contributed by atoms with van der Waals surface area (Å²) in [6, 6.07) is 7.94. The normalized spacial score (nSPS) is 11.3. The number of aryl methyl sites for hydroxylation is 1. The molecule has 104 valence electrons. The number of benzene rings is 1. The quantitative estimate of drug-likeness (QED) is 0.534. The number of aromatic nitrogens is 6. The van der Waals surface area contributed by atoms with Crippen LogP contribution >= 0.6 is 0 Å². The van der Waals surface area contributed by atoms with Gasteiger partial charge in [-0.3, -0.25) is 5.10 Å². The molecule has 3 heterocycles. The highest BCUT2D eigenvalue weighted by Crippen LogP contribution is 2.19. The smallest absolute Gasteiger partial charge is 0.158 e. The van der Waals surface area contributed by atoms with E-state index in [-0.39, 0.29) is 0 Å². The minimum absolute atomic E-state index is 0.548. The topological polar surface area (TPSA) is 95.2 Å². The molecular formula is C14H13N7. The van der Waals surface area contributed by atoms with E-state index in [9.17, 15) is 0 Å². The van der Waals surface area contributed by atoms with Gasteiger partial charge >= 0.3 is 0 Å². The molecule has 0 aliphatic carbocycles. The maximum Gasteiger partial charge on any atom is 0.158 e. The largest absolute Gasteiger partial charge is 0.361 e. The van der Waals surface area contributed by atoms with Gasteiger partial charge in [-0.05, 0) is 19.1 Å². The number of imidazole rings is 1. The van der Waals surface area contributed by atoms with Crippen LogP contribution in [0.5, 0.6) is 0 Å². The van der Waals surface area contributed by atoms with Crippen LogP contribution in [0.2, 0.25) is 0 Å². The number of aromatic amines is 2. The van der Waals surface area contributed by atoms with Crippen molar-refractivity contribution in [2.45, 2.75) is 13.5 Å². The summed E-state index contributed by atoms with van der Waals surface area (Å²) >= 11 is 0. The number of rotatable bonds is 3. The monoisotopic (exact) mass is 279 g/mol. The van der Waals surface area contributed by atoms with Crippen LogP contribution in [0.25, 0.3) is 22.1 Å². The Morgan fingerprint density at radius 1 is 1.14 bits per heavy atom. The first kappa shape index (κ1) is 11.8. The van der Waals surface area contributed by atoms with Crippen molar-refractivity contribution in [3.8, 4) is 0 Å². The summed E-state index contributed by atoms with van der Waals surface area (Å²) in [5.74, 6) is 1.56. The van der Waals surface area contributed by atoms with Gasteiger partial charge in [-0.1, -0.05) is 12.1 Å². The summed E-state index contributed by atoms with van der Waals surface area (Å²) in [4.78, 5) is 16.3. The third-order valence-corrected chi connectivity index (χ3v) is 3.37. The maximum absolute atomic E-state index is 4.52. The predicted octanol–water partition coefficient (Wildman–Crippen LogP) is 2.15. The van der Waals surface area contributed by atoms with E-state index < -0.39 is 0 Å². The number of nitrogens with zero attached hydrogens (tertiary/aromatic N) is 4. The van der Waals surface area contributed by atoms with Crippen LogP contribution in [0.3, 0.4) is 0 Å². The average Bonchev–Trinajstić information content (AvgIpc) is 3.09. The standard InChI is InChI=1S/C14H13N7/c1-8-12-13(21-20-8)14(17-7-16-12)15-6-11-18-9-4-2-3-5-10(9)19-11/h2-5,7H,6H2,1H3,(H,18,19)(H,20,21)(H,15,16,17). The number of para-hydroxylation sites is 2. The molecule has 0 aliphatic heterocycles. The molecule has 0 atom stereocenters. The lowest BCUT2D eigenvalue weighted by Crippen LogP contribution is -2.04. The Bertz CT molecular complexity index is 888. The second-order valence-corrected chi connectivity index (χ2v) is 4.82. The zero-order valence-corrected chi connectivity index (χ0v) is 11.4. The Hall–Kier alpha value is -2.96. The van der Waals surface area contributed by atoms with Gasteiger partial charge in [0, 0.05) is 0 Å². The summed E-state index contributed by atoms with van der Waals surface area (Å²) in [5.41, 5.74) is 4.48. The van der Waals surface area contributed by atoms with Crippen LogP contribution in [0.1, 0.15) is 11.5 Å². The molecular weight excluding hydrogens is 266 g/mol. The molecule has 3 N–H and O–H groups in total. The van der Waals surface area contributed by atoms with Gasteiger partial charge in [0.15, 0.2) is 11.3 Å². The molecule has 0 unspecified atom stereocenters. The molecule has 0 bridgehead atoms. The second kappa shape index (κ2) is 4.55. The average molecular weight is 279 g/mol. The van der Waals surface area contributed by atoms with Crippen molar-refractivity contribution in [2.24, 2.45) is 0 Å². The predicted molar refractivity (Wildman–Crippen MR) is 79.8 cm³/mol. The molecule has 7 nitrogen and oxygen atoms in total. The Balaban J connectivity index is 1.63. The third kappa shape index (κ3) is 1.99. The number of anilines is 1. The van der Waals surface area contributed by atoms with Gasteiger partial charge in [0.2, 0.25) is 0 Å². The van der Waals surface area contributed by atoms with Gasteiger partial charge in [0.05, 0.1) is 23.3 Å². The van der Waals surface area contributed by atoms with Crippen LogP contribution < -0.4 is 5.32 Å². The summed E-state index contributed by atoms with van der Waals surface area (Å²) in [6.45, 7) is 2.48. The van der Waals surface area contributed by atoms with Crippen molar-refractivity contribution >= 4 is 27.9 Å². The van der Waals surface area contributed by atoms with Crippen molar-refractivity contribution in [1.29, 1.82) is 0 Å². The molecule has 3 aromatic heterocycles. The third-order valence-electron chi connectivity index (χ3n) is 3.37. The molecule has 1 aromatic carbocycles. The van der Waals surface area contributed by atoms with Gasteiger partial charge in [-0.25, -0.2) is 15.0 Å². The lowest BCUT2D eigenvalue weighted by Gasteiger charge is -2.03. The zero-order chi connectivity index (χ0) is 14.2. The summed E-state index contributed by atoms with van der Waals surface area (Å²) in [5, 5.41) is 10.4. The van der Waals surface area contributed by atoms with Crippen molar-refractivity contribution in [3.05, 3.63) is 42.1 Å². The first-order valence-electron chi connectivity index (χ1n) is 6.64. The van der Waals surface area contributed by atoms with E-state index in [0.29, 0.717) is 12.4 Å². The first-order valence-corrected chi connectivity index (χ1v) is 6.64. The van der Waals surface area contributed by atoms with Crippen LogP contribution in [0.15, 0.2) is 30.6 Å². The van der Waals surface area contributed by atoms with Crippen LogP contribution in [-0.4, -0.2) is 30.1 Å². The van der Waals surface area contributed by atoms with Crippen LogP contribution in [0, 0.1) is 6.92 Å². The highest BCUT2D eigenvalue weighted by molar-refractivity contribution is 5.86. The molecule has 4 aromatic rings. The van der Waals surface area contributed by atoms with Crippen molar-refractivity contribution in [1.82, 2.24) is 30.1 Å². The Morgan fingerprint density at radius 3 is 2.95 bits per heavy atom. The SMILES string of the molecule is Cc1[nH]nc2c(NCc3nc4ccccc4[nH]3)ncnc12. The highest BCUT2D eigenvalue weighted by atomic mass is 15.2. The lowest BCUT2D eigenvalue weighted by molar-refractivity contribution is 0.994. The van der Waals surface area contributed by atoms with Crippen LogP contribution in [-0.2, 0) is 6.54 Å². The fourth-order valence-electron chi connectivity index (χ4n) is 2.34. The molecule has 0 aliphatic rings. The van der Waals surface area contributed by atoms with Gasteiger partial charge in [-0.2, -0.15) is 5.10 Å². The first-order chi connectivity index (χ1) is 10.3. The zero-order valence-electron chi connectivity index (χ0n) is 11.4. The Morgan fingerprint density at radius 2 is 2.05 bits per heavy atom. The van der Waals surface area contributed by atoms with Crippen molar-refractivity contribution in [2.75, 3.05) is 5.32 Å². The molecule has 0 radical (unpaired) electrons. The molecule has 21 heavy (non-hydrogen) atoms. The summed E-state index contributed by atoms with van der Waals surface area (Å²) in [7, 11) is 0. The van der Waals surface area contributed by atoms with E-state index in [1.165, 1.54) is 6.33 Å². The highest BCUT2D eigenvalue weighted by Gasteiger charge is 2.09. The number of hydrogen-bond donors (Lipinski definition) is 3. The van der Waals surface area contributed by atoms with Gasteiger partial charge in [-0.15, -0.1) is 0 Å². The molecule has 0 spiro atoms. The lowest BCUT2D eigenvalue weighted by atomic mass is 10.3. The summed E-state index contributed by atoms with van der Waals surface area (Å²) < 4.78 is 0. The molecule has 0 fully saturated rings. The molecule has 7 heteroatoms. The molecule has 0 saturated heterocycles.